The highest BCUT2D eigenvalue weighted by molar-refractivity contribution is 9.10. The molecule has 2 N–H and O–H groups in total. The van der Waals surface area contributed by atoms with Crippen LogP contribution in [0.5, 0.6) is 0 Å². The summed E-state index contributed by atoms with van der Waals surface area (Å²) in [7, 11) is 1.76. The SMILES string of the molecule is CN(Cc1nnc2n1CCC2)C(=O)c1cc(N)cc(Br)c1. The molecule has 1 aromatic carbocycles. The first-order valence-corrected chi connectivity index (χ1v) is 7.56. The van der Waals surface area contributed by atoms with Crippen LogP contribution in [0.4, 0.5) is 5.69 Å². The van der Waals surface area contributed by atoms with Crippen LogP contribution in [0.1, 0.15) is 28.4 Å². The minimum Gasteiger partial charge on any atom is -0.399 e. The molecule has 7 heteroatoms. The largest absolute Gasteiger partial charge is 0.399 e. The Morgan fingerprint density at radius 2 is 2.24 bits per heavy atom. The van der Waals surface area contributed by atoms with Crippen molar-refractivity contribution in [3.8, 4) is 0 Å². The van der Waals surface area contributed by atoms with Crippen molar-refractivity contribution in [3.63, 3.8) is 0 Å². The Balaban J connectivity index is 1.78. The predicted molar refractivity (Wildman–Crippen MR) is 82.7 cm³/mol. The number of hydrogen-bond acceptors (Lipinski definition) is 4. The number of nitrogens with zero attached hydrogens (tertiary/aromatic N) is 4. The zero-order valence-corrected chi connectivity index (χ0v) is 13.3. The molecule has 0 fully saturated rings. The molecule has 6 nitrogen and oxygen atoms in total. The van der Waals surface area contributed by atoms with E-state index in [0.29, 0.717) is 17.8 Å². The van der Waals surface area contributed by atoms with Crippen LogP contribution in [0.25, 0.3) is 0 Å². The summed E-state index contributed by atoms with van der Waals surface area (Å²) in [5, 5.41) is 8.33. The third-order valence-corrected chi connectivity index (χ3v) is 4.04. The maximum absolute atomic E-state index is 12.5. The molecule has 0 saturated carbocycles. The Labute approximate surface area is 131 Å². The average molecular weight is 350 g/mol. The van der Waals surface area contributed by atoms with Crippen molar-refractivity contribution in [2.24, 2.45) is 0 Å². The van der Waals surface area contributed by atoms with Crippen LogP contribution >= 0.6 is 15.9 Å². The molecule has 2 aromatic rings. The van der Waals surface area contributed by atoms with Crippen molar-refractivity contribution in [1.82, 2.24) is 19.7 Å². The first kappa shape index (κ1) is 14.1. The minimum absolute atomic E-state index is 0.0849. The molecule has 3 rings (SSSR count). The molecule has 1 aromatic heterocycles. The lowest BCUT2D eigenvalue weighted by Gasteiger charge is -2.17. The van der Waals surface area contributed by atoms with Crippen molar-refractivity contribution >= 4 is 27.5 Å². The van der Waals surface area contributed by atoms with Gasteiger partial charge < -0.3 is 15.2 Å². The number of aryl methyl sites for hydroxylation is 1. The van der Waals surface area contributed by atoms with Gasteiger partial charge in [0.1, 0.15) is 5.82 Å². The summed E-state index contributed by atoms with van der Waals surface area (Å²) in [6.07, 6.45) is 2.06. The molecule has 21 heavy (non-hydrogen) atoms. The summed E-state index contributed by atoms with van der Waals surface area (Å²) >= 11 is 3.35. The maximum atomic E-state index is 12.5. The standard InChI is InChI=1S/C14H16BrN5O/c1-19(8-13-18-17-12-3-2-4-20(12)13)14(21)9-5-10(15)7-11(16)6-9/h5-7H,2-4,8,16H2,1H3. The second-order valence-corrected chi connectivity index (χ2v) is 6.14. The zero-order valence-electron chi connectivity index (χ0n) is 11.7. The van der Waals surface area contributed by atoms with Gasteiger partial charge in [-0.05, 0) is 24.6 Å². The fraction of sp³-hybridized carbons (Fsp3) is 0.357. The minimum atomic E-state index is -0.0849. The van der Waals surface area contributed by atoms with Gasteiger partial charge in [0.25, 0.3) is 5.91 Å². The molecule has 2 heterocycles. The number of benzene rings is 1. The van der Waals surface area contributed by atoms with Crippen molar-refractivity contribution in [3.05, 3.63) is 39.9 Å². The number of halogens is 1. The Bertz CT molecular complexity index is 676. The van der Waals surface area contributed by atoms with Crippen LogP contribution in [0.2, 0.25) is 0 Å². The number of anilines is 1. The number of aromatic nitrogens is 3. The third-order valence-electron chi connectivity index (χ3n) is 3.58. The van der Waals surface area contributed by atoms with Crippen molar-refractivity contribution in [1.29, 1.82) is 0 Å². The van der Waals surface area contributed by atoms with Crippen LogP contribution in [-0.4, -0.2) is 32.6 Å². The first-order valence-electron chi connectivity index (χ1n) is 6.77. The maximum Gasteiger partial charge on any atom is 0.254 e. The number of amides is 1. The molecular weight excluding hydrogens is 334 g/mol. The first-order chi connectivity index (χ1) is 10.0. The Hall–Kier alpha value is -1.89. The number of fused-ring (bicyclic) bond motifs is 1. The van der Waals surface area contributed by atoms with Gasteiger partial charge in [0.2, 0.25) is 0 Å². The van der Waals surface area contributed by atoms with E-state index in [-0.39, 0.29) is 5.91 Å². The highest BCUT2D eigenvalue weighted by Gasteiger charge is 2.20. The lowest BCUT2D eigenvalue weighted by Crippen LogP contribution is -2.27. The molecule has 0 unspecified atom stereocenters. The summed E-state index contributed by atoms with van der Waals surface area (Å²) < 4.78 is 2.89. The third kappa shape index (κ3) is 2.78. The topological polar surface area (TPSA) is 77.0 Å². The summed E-state index contributed by atoms with van der Waals surface area (Å²) in [6, 6.07) is 5.21. The van der Waals surface area contributed by atoms with Crippen LogP contribution in [-0.2, 0) is 19.5 Å². The van der Waals surface area contributed by atoms with E-state index >= 15 is 0 Å². The average Bonchev–Trinajstić information content (AvgIpc) is 3.01. The van der Waals surface area contributed by atoms with E-state index in [9.17, 15) is 4.79 Å². The normalized spacial score (nSPS) is 13.2. The molecule has 0 bridgehead atoms. The van der Waals surface area contributed by atoms with Crippen LogP contribution < -0.4 is 5.73 Å². The van der Waals surface area contributed by atoms with Crippen LogP contribution in [0.15, 0.2) is 22.7 Å². The number of hydrogen-bond donors (Lipinski definition) is 1. The van der Waals surface area contributed by atoms with Gasteiger partial charge in [-0.3, -0.25) is 4.79 Å². The molecule has 0 spiro atoms. The molecule has 0 radical (unpaired) electrons. The van der Waals surface area contributed by atoms with Crippen molar-refractivity contribution < 1.29 is 4.79 Å². The number of rotatable bonds is 3. The van der Waals surface area contributed by atoms with E-state index in [1.54, 1.807) is 30.1 Å². The second kappa shape index (κ2) is 5.48. The van der Waals surface area contributed by atoms with E-state index in [4.69, 9.17) is 5.73 Å². The van der Waals surface area contributed by atoms with Crippen LogP contribution in [0.3, 0.4) is 0 Å². The summed E-state index contributed by atoms with van der Waals surface area (Å²) in [6.45, 7) is 1.38. The zero-order chi connectivity index (χ0) is 15.0. The van der Waals surface area contributed by atoms with E-state index < -0.39 is 0 Å². The smallest absolute Gasteiger partial charge is 0.254 e. The summed E-state index contributed by atoms with van der Waals surface area (Å²) in [5.41, 5.74) is 6.90. The lowest BCUT2D eigenvalue weighted by atomic mass is 10.2. The molecule has 0 aliphatic carbocycles. The lowest BCUT2D eigenvalue weighted by molar-refractivity contribution is 0.0780. The van der Waals surface area contributed by atoms with Crippen molar-refractivity contribution in [2.45, 2.75) is 25.9 Å². The van der Waals surface area contributed by atoms with E-state index in [1.807, 2.05) is 0 Å². The summed E-state index contributed by atoms with van der Waals surface area (Å²) in [5.74, 6) is 1.76. The predicted octanol–water partition coefficient (Wildman–Crippen LogP) is 1.84. The molecule has 1 aliphatic rings. The quantitative estimate of drug-likeness (QED) is 0.857. The fourth-order valence-corrected chi connectivity index (χ4v) is 3.08. The molecule has 0 atom stereocenters. The summed E-state index contributed by atoms with van der Waals surface area (Å²) in [4.78, 5) is 14.1. The van der Waals surface area contributed by atoms with Gasteiger partial charge in [-0.25, -0.2) is 0 Å². The van der Waals surface area contributed by atoms with E-state index in [2.05, 4.69) is 30.7 Å². The Kier molecular flexibility index (Phi) is 3.67. The van der Waals surface area contributed by atoms with Crippen LogP contribution in [0, 0.1) is 0 Å². The highest BCUT2D eigenvalue weighted by atomic mass is 79.9. The fourth-order valence-electron chi connectivity index (χ4n) is 2.57. The van der Waals surface area contributed by atoms with Gasteiger partial charge in [0.05, 0.1) is 6.54 Å². The van der Waals surface area contributed by atoms with Gasteiger partial charge in [-0.15, -0.1) is 10.2 Å². The van der Waals surface area contributed by atoms with E-state index in [0.717, 1.165) is 35.5 Å². The molecule has 1 aliphatic heterocycles. The number of carbonyl (C=O) groups is 1. The Morgan fingerprint density at radius 3 is 3.00 bits per heavy atom. The van der Waals surface area contributed by atoms with Gasteiger partial charge in [0.15, 0.2) is 5.82 Å². The molecule has 110 valence electrons. The van der Waals surface area contributed by atoms with Gasteiger partial charge in [0, 0.05) is 35.7 Å². The van der Waals surface area contributed by atoms with E-state index in [1.165, 1.54) is 0 Å². The monoisotopic (exact) mass is 349 g/mol. The van der Waals surface area contributed by atoms with Gasteiger partial charge in [-0.2, -0.15) is 0 Å². The second-order valence-electron chi connectivity index (χ2n) is 5.22. The van der Waals surface area contributed by atoms with Gasteiger partial charge >= 0.3 is 0 Å². The number of nitrogens with two attached hydrogens (primary N) is 1. The molecule has 1 amide bonds. The number of carbonyl (C=O) groups excluding carboxylic acids is 1. The van der Waals surface area contributed by atoms with Gasteiger partial charge in [-0.1, -0.05) is 15.9 Å². The Morgan fingerprint density at radius 1 is 1.43 bits per heavy atom. The molecular formula is C14H16BrN5O. The van der Waals surface area contributed by atoms with Crippen molar-refractivity contribution in [2.75, 3.05) is 12.8 Å². The molecule has 0 saturated heterocycles. The highest BCUT2D eigenvalue weighted by Crippen LogP contribution is 2.20. The number of nitrogen functional groups attached to an aromatic ring is 1.